The van der Waals surface area contributed by atoms with E-state index in [1.807, 2.05) is 22.7 Å². The first-order valence-corrected chi connectivity index (χ1v) is 10.9. The summed E-state index contributed by atoms with van der Waals surface area (Å²) in [5.74, 6) is -0.583. The Bertz CT molecular complexity index is 1480. The molecule has 1 unspecified atom stereocenters. The Balaban J connectivity index is 1.28. The fourth-order valence-electron chi connectivity index (χ4n) is 4.94. The molecular formula is C23H18ClFN6O2. The van der Waals surface area contributed by atoms with Crippen LogP contribution in [0.2, 0.25) is 5.02 Å². The van der Waals surface area contributed by atoms with Crippen LogP contribution < -0.4 is 10.9 Å². The van der Waals surface area contributed by atoms with Crippen LogP contribution in [0, 0.1) is 5.82 Å². The standard InChI is InChI=1S/C23H18ClFN6O2/c24-17-8-19(18(25)7-16(17)12-1-2-15-9-26-11-30(15)10-12)27-23(33)31-14-3-4-20(31)22-13(5-14)6-21(32)28-29-22/h1-2,6-11,14,20H,3-5H2,(H,27,33)(H,28,32)/t14?,20-/m1/s1. The van der Waals surface area contributed by atoms with Crippen molar-refractivity contribution >= 4 is 28.8 Å². The van der Waals surface area contributed by atoms with Gasteiger partial charge in [0, 0.05) is 23.9 Å². The highest BCUT2D eigenvalue weighted by atomic mass is 35.5. The average molecular weight is 465 g/mol. The van der Waals surface area contributed by atoms with Crippen LogP contribution in [0.4, 0.5) is 14.9 Å². The molecule has 6 rings (SSSR count). The second-order valence-corrected chi connectivity index (χ2v) is 8.79. The number of nitrogens with zero attached hydrogens (tertiary/aromatic N) is 4. The lowest BCUT2D eigenvalue weighted by Gasteiger charge is -2.35. The van der Waals surface area contributed by atoms with E-state index in [0.717, 1.165) is 29.5 Å². The Hall–Kier alpha value is -3.72. The number of anilines is 1. The Morgan fingerprint density at radius 2 is 2.12 bits per heavy atom. The van der Waals surface area contributed by atoms with Gasteiger partial charge in [0.25, 0.3) is 5.56 Å². The van der Waals surface area contributed by atoms with Crippen molar-refractivity contribution in [3.8, 4) is 11.1 Å². The minimum Gasteiger partial charge on any atom is -0.313 e. The molecule has 1 aromatic carbocycles. The van der Waals surface area contributed by atoms with E-state index in [-0.39, 0.29) is 23.3 Å². The number of H-pyrrole nitrogens is 1. The van der Waals surface area contributed by atoms with Crippen LogP contribution >= 0.6 is 11.6 Å². The molecule has 3 aromatic heterocycles. The topological polar surface area (TPSA) is 95.4 Å². The number of imidazole rings is 1. The van der Waals surface area contributed by atoms with Crippen LogP contribution in [0.3, 0.4) is 0 Å². The summed E-state index contributed by atoms with van der Waals surface area (Å²) in [7, 11) is 0. The van der Waals surface area contributed by atoms with Crippen molar-refractivity contribution in [1.82, 2.24) is 24.5 Å². The van der Waals surface area contributed by atoms with Gasteiger partial charge in [-0.15, -0.1) is 0 Å². The summed E-state index contributed by atoms with van der Waals surface area (Å²) in [5.41, 5.74) is 3.48. The molecule has 0 spiro atoms. The van der Waals surface area contributed by atoms with Gasteiger partial charge in [-0.3, -0.25) is 4.79 Å². The number of benzene rings is 1. The highest BCUT2D eigenvalue weighted by Gasteiger charge is 2.44. The van der Waals surface area contributed by atoms with E-state index in [9.17, 15) is 9.59 Å². The number of hydrogen-bond acceptors (Lipinski definition) is 4. The van der Waals surface area contributed by atoms with Crippen LogP contribution in [-0.4, -0.2) is 36.6 Å². The maximum absolute atomic E-state index is 15.0. The van der Waals surface area contributed by atoms with E-state index in [0.29, 0.717) is 22.7 Å². The Morgan fingerprint density at radius 1 is 1.24 bits per heavy atom. The monoisotopic (exact) mass is 464 g/mol. The van der Waals surface area contributed by atoms with Crippen molar-refractivity contribution in [2.75, 3.05) is 5.32 Å². The number of rotatable bonds is 2. The molecule has 8 nitrogen and oxygen atoms in total. The van der Waals surface area contributed by atoms with Gasteiger partial charge >= 0.3 is 6.03 Å². The van der Waals surface area contributed by atoms with Gasteiger partial charge in [0.2, 0.25) is 0 Å². The van der Waals surface area contributed by atoms with E-state index < -0.39 is 11.8 Å². The molecule has 0 saturated carbocycles. The van der Waals surface area contributed by atoms with Crippen LogP contribution in [0.1, 0.15) is 30.1 Å². The normalized spacial score (nSPS) is 19.0. The summed E-state index contributed by atoms with van der Waals surface area (Å²) in [6.45, 7) is 0. The quantitative estimate of drug-likeness (QED) is 0.465. The van der Waals surface area contributed by atoms with Gasteiger partial charge in [0.05, 0.1) is 40.5 Å². The van der Waals surface area contributed by atoms with E-state index in [1.54, 1.807) is 23.5 Å². The molecule has 5 heterocycles. The fraction of sp³-hybridized carbons (Fsp3) is 0.217. The number of carbonyl (C=O) groups is 1. The summed E-state index contributed by atoms with van der Waals surface area (Å²) in [4.78, 5) is 30.5. The maximum atomic E-state index is 15.0. The summed E-state index contributed by atoms with van der Waals surface area (Å²) in [5, 5.41) is 9.62. The van der Waals surface area contributed by atoms with Gasteiger partial charge in [-0.2, -0.15) is 5.10 Å². The molecule has 2 bridgehead atoms. The molecule has 2 aliphatic rings. The lowest BCUT2D eigenvalue weighted by molar-refractivity contribution is 0.177. The third kappa shape index (κ3) is 3.27. The van der Waals surface area contributed by atoms with Crippen LogP contribution in [-0.2, 0) is 6.42 Å². The number of nitrogens with one attached hydrogen (secondary N) is 2. The largest absolute Gasteiger partial charge is 0.322 e. The van der Waals surface area contributed by atoms with Gasteiger partial charge < -0.3 is 14.6 Å². The second-order valence-electron chi connectivity index (χ2n) is 8.39. The molecule has 0 radical (unpaired) electrons. The van der Waals surface area contributed by atoms with Gasteiger partial charge in [-0.05, 0) is 48.6 Å². The van der Waals surface area contributed by atoms with Gasteiger partial charge in [0.15, 0.2) is 0 Å². The van der Waals surface area contributed by atoms with Crippen LogP contribution in [0.15, 0.2) is 53.8 Å². The summed E-state index contributed by atoms with van der Waals surface area (Å²) in [6, 6.07) is 7.28. The molecule has 2 atom stereocenters. The van der Waals surface area contributed by atoms with Gasteiger partial charge in [-0.25, -0.2) is 19.3 Å². The SMILES string of the molecule is O=C(Nc1cc(Cl)c(-c2ccc3cncn3c2)cc1F)N1C2CC[C@@H]1c1n[nH]c(=O)cc1C2. The number of carbonyl (C=O) groups excluding carboxylic acids is 1. The number of halogens is 2. The predicted octanol–water partition coefficient (Wildman–Crippen LogP) is 4.17. The Labute approximate surface area is 192 Å². The second kappa shape index (κ2) is 7.41. The van der Waals surface area contributed by atoms with E-state index >= 15 is 4.39 Å². The first-order chi connectivity index (χ1) is 16.0. The first-order valence-electron chi connectivity index (χ1n) is 10.6. The van der Waals surface area contributed by atoms with Crippen molar-refractivity contribution in [2.24, 2.45) is 0 Å². The lowest BCUT2D eigenvalue weighted by Crippen LogP contribution is -2.45. The summed E-state index contributed by atoms with van der Waals surface area (Å²) >= 11 is 6.48. The number of aromatic nitrogens is 4. The zero-order chi connectivity index (χ0) is 22.7. The predicted molar refractivity (Wildman–Crippen MR) is 121 cm³/mol. The molecule has 4 aromatic rings. The third-order valence-electron chi connectivity index (χ3n) is 6.45. The molecule has 2 amide bonds. The third-order valence-corrected chi connectivity index (χ3v) is 6.76. The van der Waals surface area contributed by atoms with E-state index in [1.165, 1.54) is 12.1 Å². The highest BCUT2D eigenvalue weighted by Crippen LogP contribution is 2.42. The van der Waals surface area contributed by atoms with E-state index in [4.69, 9.17) is 11.6 Å². The minimum atomic E-state index is -0.583. The molecule has 2 N–H and O–H groups in total. The Morgan fingerprint density at radius 3 is 3.00 bits per heavy atom. The van der Waals surface area contributed by atoms with E-state index in [2.05, 4.69) is 20.5 Å². The van der Waals surface area contributed by atoms with Gasteiger partial charge in [-0.1, -0.05) is 17.7 Å². The highest BCUT2D eigenvalue weighted by molar-refractivity contribution is 6.33. The first kappa shape index (κ1) is 19.9. The molecule has 1 saturated heterocycles. The number of urea groups is 1. The van der Waals surface area contributed by atoms with Crippen LogP contribution in [0.5, 0.6) is 0 Å². The van der Waals surface area contributed by atoms with Crippen molar-refractivity contribution in [3.05, 3.63) is 81.5 Å². The zero-order valence-corrected chi connectivity index (χ0v) is 18.0. The number of aromatic amines is 1. The molecule has 166 valence electrons. The minimum absolute atomic E-state index is 0.0112. The fourth-order valence-corrected chi connectivity index (χ4v) is 5.21. The molecular weight excluding hydrogens is 447 g/mol. The van der Waals surface area contributed by atoms with Crippen molar-refractivity contribution in [3.63, 3.8) is 0 Å². The summed E-state index contributed by atoms with van der Waals surface area (Å²) < 4.78 is 16.9. The van der Waals surface area contributed by atoms with Crippen LogP contribution in [0.25, 0.3) is 16.6 Å². The number of amides is 2. The van der Waals surface area contributed by atoms with Gasteiger partial charge in [0.1, 0.15) is 5.82 Å². The van der Waals surface area contributed by atoms with Crippen molar-refractivity contribution in [1.29, 1.82) is 0 Å². The molecule has 33 heavy (non-hydrogen) atoms. The molecule has 0 aliphatic carbocycles. The Kier molecular flexibility index (Phi) is 4.48. The number of hydrogen-bond donors (Lipinski definition) is 2. The zero-order valence-electron chi connectivity index (χ0n) is 17.3. The lowest BCUT2D eigenvalue weighted by atomic mass is 9.99. The number of fused-ring (bicyclic) bond motifs is 5. The number of pyridine rings is 1. The van der Waals surface area contributed by atoms with Crippen molar-refractivity contribution in [2.45, 2.75) is 31.3 Å². The summed E-state index contributed by atoms with van der Waals surface area (Å²) in [6.07, 6.45) is 7.29. The maximum Gasteiger partial charge on any atom is 0.322 e. The molecule has 1 fully saturated rings. The van der Waals surface area contributed by atoms with Crippen molar-refractivity contribution < 1.29 is 9.18 Å². The smallest absolute Gasteiger partial charge is 0.313 e. The molecule has 2 aliphatic heterocycles. The molecule has 10 heteroatoms. The average Bonchev–Trinajstić information content (AvgIpc) is 3.39.